The lowest BCUT2D eigenvalue weighted by Gasteiger charge is -2.36. The van der Waals surface area contributed by atoms with Crippen LogP contribution in [0.3, 0.4) is 0 Å². The van der Waals surface area contributed by atoms with E-state index in [2.05, 4.69) is 35.1 Å². The first-order chi connectivity index (χ1) is 24.5. The predicted octanol–water partition coefficient (Wildman–Crippen LogP) is 3.50. The second kappa shape index (κ2) is 19.5. The number of alkyl carbamates (subject to hydrolysis) is 1. The minimum atomic E-state index is -1.21. The van der Waals surface area contributed by atoms with Crippen molar-refractivity contribution < 1.29 is 38.3 Å². The topological polar surface area (TPSA) is 183 Å². The van der Waals surface area contributed by atoms with Gasteiger partial charge in [-0.15, -0.1) is 0 Å². The van der Waals surface area contributed by atoms with Crippen LogP contribution in [0, 0.1) is 17.3 Å². The SMILES string of the molecule is CCC[C@H](NC(=O)[C@@H]1CC(CCC(C)C)CN1C(=O)[C@@H](NC(=O)OC(C)(C)C)C(C)(C)C)C(=O)C(=O)NCC(=O)NC(C(=O)N(C)C)c1ccccc1. The number of Topliss-reactive ketones (excluding diaryl/α,β-unsaturated/α-hetero) is 1. The highest BCUT2D eigenvalue weighted by molar-refractivity contribution is 6.38. The molecule has 53 heavy (non-hydrogen) atoms. The summed E-state index contributed by atoms with van der Waals surface area (Å²) in [6.45, 7) is 16.3. The molecule has 1 fully saturated rings. The van der Waals surface area contributed by atoms with Gasteiger partial charge in [-0.2, -0.15) is 0 Å². The molecule has 6 amide bonds. The van der Waals surface area contributed by atoms with E-state index >= 15 is 0 Å². The molecule has 0 radical (unpaired) electrons. The fraction of sp³-hybridized carbons (Fsp3) is 0.667. The third kappa shape index (κ3) is 14.1. The van der Waals surface area contributed by atoms with Crippen LogP contribution in [0.25, 0.3) is 0 Å². The summed E-state index contributed by atoms with van der Waals surface area (Å²) >= 11 is 0. The molecule has 4 N–H and O–H groups in total. The summed E-state index contributed by atoms with van der Waals surface area (Å²) in [6, 6.07) is 4.45. The van der Waals surface area contributed by atoms with E-state index in [1.807, 2.05) is 20.8 Å². The lowest BCUT2D eigenvalue weighted by Crippen LogP contribution is -2.59. The summed E-state index contributed by atoms with van der Waals surface area (Å²) in [4.78, 5) is 96.0. The number of amides is 6. The van der Waals surface area contributed by atoms with Gasteiger partial charge in [0, 0.05) is 20.6 Å². The van der Waals surface area contributed by atoms with Gasteiger partial charge in [-0.05, 0) is 62.8 Å². The molecule has 0 saturated carbocycles. The lowest BCUT2D eigenvalue weighted by atomic mass is 9.85. The number of rotatable bonds is 16. The molecule has 14 nitrogen and oxygen atoms in total. The van der Waals surface area contributed by atoms with Gasteiger partial charge in [0.2, 0.25) is 29.4 Å². The number of carbonyl (C=O) groups is 7. The smallest absolute Gasteiger partial charge is 0.408 e. The summed E-state index contributed by atoms with van der Waals surface area (Å²) in [5.41, 5.74) is -0.981. The van der Waals surface area contributed by atoms with Gasteiger partial charge in [-0.25, -0.2) is 4.79 Å². The maximum absolute atomic E-state index is 14.2. The number of ether oxygens (including phenoxy) is 1. The quantitative estimate of drug-likeness (QED) is 0.186. The molecule has 1 aromatic rings. The third-order valence-corrected chi connectivity index (χ3v) is 8.87. The monoisotopic (exact) mass is 742 g/mol. The number of likely N-dealkylation sites (N-methyl/N-ethyl adjacent to an activating group) is 1. The molecule has 1 aliphatic rings. The highest BCUT2D eigenvalue weighted by Crippen LogP contribution is 2.32. The molecule has 2 unspecified atom stereocenters. The maximum Gasteiger partial charge on any atom is 0.408 e. The molecule has 2 rings (SSSR count). The number of hydrogen-bond donors (Lipinski definition) is 4. The number of benzene rings is 1. The molecular weight excluding hydrogens is 680 g/mol. The van der Waals surface area contributed by atoms with E-state index in [1.165, 1.54) is 9.80 Å². The largest absolute Gasteiger partial charge is 0.444 e. The van der Waals surface area contributed by atoms with Gasteiger partial charge in [-0.3, -0.25) is 28.8 Å². The van der Waals surface area contributed by atoms with Crippen molar-refractivity contribution in [3.8, 4) is 0 Å². The Bertz CT molecular complexity index is 1450. The highest BCUT2D eigenvalue weighted by Gasteiger charge is 2.46. The maximum atomic E-state index is 14.2. The average molecular weight is 743 g/mol. The molecule has 296 valence electrons. The number of nitrogens with one attached hydrogen (secondary N) is 4. The van der Waals surface area contributed by atoms with Gasteiger partial charge < -0.3 is 35.8 Å². The third-order valence-electron chi connectivity index (χ3n) is 8.87. The fourth-order valence-corrected chi connectivity index (χ4v) is 6.07. The van der Waals surface area contributed by atoms with Crippen molar-refractivity contribution in [2.75, 3.05) is 27.2 Å². The standard InChI is InChI=1S/C39H62N6O8/c1-12-16-27(31(47)34(49)40-22-29(46)42-30(35(50)44(10)11)26-17-14-13-15-18-26)41-33(48)28-21-25(20-19-24(2)3)23-45(28)36(51)32(38(4,5)6)43-37(52)53-39(7,8)9/h13-15,17-18,24-25,27-28,30,32H,12,16,19-23H2,1-11H3,(H,40,49)(H,41,48)(H,42,46)(H,43,52)/t25?,27-,28-,30?,32+/m0/s1. The van der Waals surface area contributed by atoms with E-state index in [0.717, 1.165) is 12.8 Å². The first kappa shape index (κ1) is 44.7. The number of nitrogens with zero attached hydrogens (tertiary/aromatic N) is 2. The Morgan fingerprint density at radius 1 is 0.906 bits per heavy atom. The van der Waals surface area contributed by atoms with Crippen molar-refractivity contribution in [2.24, 2.45) is 17.3 Å². The summed E-state index contributed by atoms with van der Waals surface area (Å²) < 4.78 is 5.44. The molecule has 5 atom stereocenters. The molecule has 0 spiro atoms. The zero-order valence-corrected chi connectivity index (χ0v) is 33.5. The summed E-state index contributed by atoms with van der Waals surface area (Å²) in [7, 11) is 3.12. The molecule has 1 aliphatic heterocycles. The number of ketones is 1. The molecule has 1 aromatic carbocycles. The van der Waals surface area contributed by atoms with Crippen molar-refractivity contribution in [3.63, 3.8) is 0 Å². The van der Waals surface area contributed by atoms with Gasteiger partial charge >= 0.3 is 6.09 Å². The minimum absolute atomic E-state index is 0.000437. The van der Waals surface area contributed by atoms with E-state index in [9.17, 15) is 33.6 Å². The second-order valence-corrected chi connectivity index (χ2v) is 16.6. The normalized spacial score (nSPS) is 17.6. The van der Waals surface area contributed by atoms with Crippen molar-refractivity contribution >= 4 is 41.4 Å². The van der Waals surface area contributed by atoms with E-state index in [1.54, 1.807) is 72.1 Å². The average Bonchev–Trinajstić information content (AvgIpc) is 3.50. The Balaban J connectivity index is 2.23. The summed E-state index contributed by atoms with van der Waals surface area (Å²) in [5, 5.41) is 10.4. The van der Waals surface area contributed by atoms with E-state index < -0.39 is 77.2 Å². The van der Waals surface area contributed by atoms with Crippen molar-refractivity contribution in [2.45, 2.75) is 124 Å². The van der Waals surface area contributed by atoms with Crippen molar-refractivity contribution in [3.05, 3.63) is 35.9 Å². The summed E-state index contributed by atoms with van der Waals surface area (Å²) in [5.74, 6) is -3.69. The Kier molecular flexibility index (Phi) is 16.5. The number of likely N-dealkylation sites (tertiary alicyclic amines) is 1. The Labute approximate surface area is 314 Å². The summed E-state index contributed by atoms with van der Waals surface area (Å²) in [6.07, 6.45) is 1.85. The molecule has 0 aliphatic carbocycles. The van der Waals surface area contributed by atoms with Crippen LogP contribution in [-0.2, 0) is 33.5 Å². The zero-order chi connectivity index (χ0) is 40.3. The first-order valence-corrected chi connectivity index (χ1v) is 18.5. The predicted molar refractivity (Wildman–Crippen MR) is 201 cm³/mol. The van der Waals surface area contributed by atoms with Crippen LogP contribution in [0.2, 0.25) is 0 Å². The van der Waals surface area contributed by atoms with Gasteiger partial charge in [0.25, 0.3) is 5.91 Å². The second-order valence-electron chi connectivity index (χ2n) is 16.6. The fourth-order valence-electron chi connectivity index (χ4n) is 6.07. The molecule has 1 saturated heterocycles. The van der Waals surface area contributed by atoms with Crippen LogP contribution in [-0.4, -0.2) is 102 Å². The molecule has 0 aromatic heterocycles. The first-order valence-electron chi connectivity index (χ1n) is 18.5. The number of hydrogen-bond acceptors (Lipinski definition) is 8. The van der Waals surface area contributed by atoms with E-state index in [-0.39, 0.29) is 24.8 Å². The Morgan fingerprint density at radius 3 is 2.06 bits per heavy atom. The van der Waals surface area contributed by atoms with Gasteiger partial charge in [0.1, 0.15) is 23.7 Å². The van der Waals surface area contributed by atoms with Crippen LogP contribution >= 0.6 is 0 Å². The van der Waals surface area contributed by atoms with Crippen LogP contribution in [0.5, 0.6) is 0 Å². The lowest BCUT2D eigenvalue weighted by molar-refractivity contribution is -0.144. The van der Waals surface area contributed by atoms with Gasteiger partial charge in [-0.1, -0.05) is 84.7 Å². The van der Waals surface area contributed by atoms with Crippen LogP contribution in [0.4, 0.5) is 4.79 Å². The van der Waals surface area contributed by atoms with Crippen LogP contribution < -0.4 is 21.3 Å². The molecule has 14 heteroatoms. The van der Waals surface area contributed by atoms with Gasteiger partial charge in [0.15, 0.2) is 0 Å². The Hall–Kier alpha value is -4.49. The van der Waals surface area contributed by atoms with Crippen LogP contribution in [0.15, 0.2) is 30.3 Å². The minimum Gasteiger partial charge on any atom is -0.444 e. The van der Waals surface area contributed by atoms with Gasteiger partial charge in [0.05, 0.1) is 12.6 Å². The van der Waals surface area contributed by atoms with Crippen molar-refractivity contribution in [1.29, 1.82) is 0 Å². The van der Waals surface area contributed by atoms with Crippen LogP contribution in [0.1, 0.15) is 106 Å². The molecule has 1 heterocycles. The van der Waals surface area contributed by atoms with E-state index in [0.29, 0.717) is 24.3 Å². The van der Waals surface area contributed by atoms with E-state index in [4.69, 9.17) is 4.74 Å². The van der Waals surface area contributed by atoms with Crippen molar-refractivity contribution in [1.82, 2.24) is 31.1 Å². The molecule has 0 bridgehead atoms. The molecular formula is C39H62N6O8. The number of carbonyl (C=O) groups excluding carboxylic acids is 7. The Morgan fingerprint density at radius 2 is 1.53 bits per heavy atom. The highest BCUT2D eigenvalue weighted by atomic mass is 16.6. The zero-order valence-electron chi connectivity index (χ0n) is 33.5.